The number of hydrogen-bond acceptors (Lipinski definition) is 4. The van der Waals surface area contributed by atoms with E-state index in [4.69, 9.17) is 9.47 Å². The highest BCUT2D eigenvalue weighted by Crippen LogP contribution is 2.03. The third-order valence-corrected chi connectivity index (χ3v) is 3.41. The highest BCUT2D eigenvalue weighted by atomic mass is 19.1. The Balaban J connectivity index is 2.08. The standard InChI is InChI=1S/C18H29FN4O3/c1-20-18(22-7-4-10-26-12-11-25-2)23-9-8-21-17(24)14-15-5-3-6-16(19)13-15/h3,5-6,13H,4,7-12,14H2,1-2H3,(H,21,24)(H2,20,22,23). The van der Waals surface area contributed by atoms with Crippen molar-refractivity contribution in [1.29, 1.82) is 0 Å². The first-order chi connectivity index (χ1) is 12.7. The predicted octanol–water partition coefficient (Wildman–Crippen LogP) is 0.703. The van der Waals surface area contributed by atoms with Crippen LogP contribution in [-0.4, -0.2) is 65.5 Å². The van der Waals surface area contributed by atoms with Crippen LogP contribution < -0.4 is 16.0 Å². The number of nitrogens with one attached hydrogen (secondary N) is 3. The van der Waals surface area contributed by atoms with Crippen molar-refractivity contribution in [3.8, 4) is 0 Å². The van der Waals surface area contributed by atoms with Crippen LogP contribution in [0.2, 0.25) is 0 Å². The van der Waals surface area contributed by atoms with E-state index < -0.39 is 0 Å². The van der Waals surface area contributed by atoms with Gasteiger partial charge in [-0.3, -0.25) is 9.79 Å². The van der Waals surface area contributed by atoms with Crippen molar-refractivity contribution in [3.05, 3.63) is 35.6 Å². The van der Waals surface area contributed by atoms with Gasteiger partial charge in [0.05, 0.1) is 19.6 Å². The third kappa shape index (κ3) is 10.6. The first kappa shape index (κ1) is 21.9. The zero-order chi connectivity index (χ0) is 19.0. The van der Waals surface area contributed by atoms with Crippen molar-refractivity contribution in [2.24, 2.45) is 4.99 Å². The second kappa shape index (κ2) is 14.0. The van der Waals surface area contributed by atoms with Crippen LogP contribution in [0.4, 0.5) is 4.39 Å². The zero-order valence-electron chi connectivity index (χ0n) is 15.5. The Morgan fingerprint density at radius 2 is 1.88 bits per heavy atom. The van der Waals surface area contributed by atoms with Crippen LogP contribution in [0.1, 0.15) is 12.0 Å². The fourth-order valence-electron chi connectivity index (χ4n) is 2.12. The summed E-state index contributed by atoms with van der Waals surface area (Å²) in [5.41, 5.74) is 0.653. The van der Waals surface area contributed by atoms with Gasteiger partial charge in [0.25, 0.3) is 0 Å². The molecule has 0 fully saturated rings. The van der Waals surface area contributed by atoms with Gasteiger partial charge in [-0.25, -0.2) is 4.39 Å². The van der Waals surface area contributed by atoms with Crippen LogP contribution in [0.5, 0.6) is 0 Å². The van der Waals surface area contributed by atoms with Crippen LogP contribution in [0.15, 0.2) is 29.3 Å². The molecule has 0 bridgehead atoms. The fraction of sp³-hybridized carbons (Fsp3) is 0.556. The van der Waals surface area contributed by atoms with Crippen molar-refractivity contribution < 1.29 is 18.7 Å². The summed E-state index contributed by atoms with van der Waals surface area (Å²) in [6, 6.07) is 6.04. The van der Waals surface area contributed by atoms with E-state index in [9.17, 15) is 9.18 Å². The summed E-state index contributed by atoms with van der Waals surface area (Å²) in [5.74, 6) is 0.186. The van der Waals surface area contributed by atoms with Crippen molar-refractivity contribution in [2.75, 3.05) is 53.6 Å². The molecule has 0 aliphatic rings. The molecule has 0 atom stereocenters. The largest absolute Gasteiger partial charge is 0.382 e. The molecular formula is C18H29FN4O3. The lowest BCUT2D eigenvalue weighted by Crippen LogP contribution is -2.42. The molecule has 0 aromatic heterocycles. The minimum atomic E-state index is -0.337. The van der Waals surface area contributed by atoms with Gasteiger partial charge in [-0.05, 0) is 24.1 Å². The van der Waals surface area contributed by atoms with Gasteiger partial charge in [0, 0.05) is 40.4 Å². The molecule has 1 aromatic carbocycles. The minimum absolute atomic E-state index is 0.145. The molecule has 7 nitrogen and oxygen atoms in total. The van der Waals surface area contributed by atoms with E-state index in [-0.39, 0.29) is 18.1 Å². The maximum Gasteiger partial charge on any atom is 0.224 e. The van der Waals surface area contributed by atoms with Crippen LogP contribution in [0.3, 0.4) is 0 Å². The van der Waals surface area contributed by atoms with Gasteiger partial charge in [0.15, 0.2) is 5.96 Å². The molecule has 0 radical (unpaired) electrons. The SMILES string of the molecule is CN=C(NCCCOCCOC)NCCNC(=O)Cc1cccc(F)c1. The molecule has 1 aromatic rings. The van der Waals surface area contributed by atoms with Crippen molar-refractivity contribution in [1.82, 2.24) is 16.0 Å². The Morgan fingerprint density at radius 1 is 1.12 bits per heavy atom. The van der Waals surface area contributed by atoms with Gasteiger partial charge < -0.3 is 25.4 Å². The highest BCUT2D eigenvalue weighted by molar-refractivity contribution is 5.80. The number of guanidine groups is 1. The second-order valence-corrected chi connectivity index (χ2v) is 5.54. The van der Waals surface area contributed by atoms with E-state index >= 15 is 0 Å². The van der Waals surface area contributed by atoms with Gasteiger partial charge in [0.2, 0.25) is 5.91 Å². The van der Waals surface area contributed by atoms with Crippen molar-refractivity contribution in [2.45, 2.75) is 12.8 Å². The van der Waals surface area contributed by atoms with Crippen LogP contribution >= 0.6 is 0 Å². The Labute approximate surface area is 154 Å². The number of carbonyl (C=O) groups is 1. The molecule has 0 saturated heterocycles. The number of halogens is 1. The number of aliphatic imine (C=N–C) groups is 1. The van der Waals surface area contributed by atoms with E-state index in [2.05, 4.69) is 20.9 Å². The van der Waals surface area contributed by atoms with Gasteiger partial charge in [-0.2, -0.15) is 0 Å². The Kier molecular flexibility index (Phi) is 11.8. The number of amides is 1. The molecule has 0 aliphatic carbocycles. The van der Waals surface area contributed by atoms with Crippen LogP contribution in [-0.2, 0) is 20.7 Å². The number of benzene rings is 1. The summed E-state index contributed by atoms with van der Waals surface area (Å²) in [5, 5.41) is 9.07. The molecule has 26 heavy (non-hydrogen) atoms. The number of carbonyl (C=O) groups excluding carboxylic acids is 1. The molecule has 0 spiro atoms. The Morgan fingerprint density at radius 3 is 2.62 bits per heavy atom. The summed E-state index contributed by atoms with van der Waals surface area (Å²) < 4.78 is 23.4. The second-order valence-electron chi connectivity index (χ2n) is 5.54. The molecule has 0 aliphatic heterocycles. The summed E-state index contributed by atoms with van der Waals surface area (Å²) in [6.45, 7) is 3.58. The number of methoxy groups -OCH3 is 1. The first-order valence-electron chi connectivity index (χ1n) is 8.68. The van der Waals surface area contributed by atoms with E-state index in [0.717, 1.165) is 13.0 Å². The maximum absolute atomic E-state index is 13.1. The Hall–Kier alpha value is -2.19. The number of rotatable bonds is 12. The average molecular weight is 368 g/mol. The first-order valence-corrected chi connectivity index (χ1v) is 8.68. The van der Waals surface area contributed by atoms with E-state index in [0.29, 0.717) is 44.4 Å². The van der Waals surface area contributed by atoms with Crippen LogP contribution in [0, 0.1) is 5.82 Å². The third-order valence-electron chi connectivity index (χ3n) is 3.41. The summed E-state index contributed by atoms with van der Waals surface area (Å²) >= 11 is 0. The highest BCUT2D eigenvalue weighted by Gasteiger charge is 2.04. The van der Waals surface area contributed by atoms with Crippen LogP contribution in [0.25, 0.3) is 0 Å². The smallest absolute Gasteiger partial charge is 0.224 e. The van der Waals surface area contributed by atoms with Crippen molar-refractivity contribution >= 4 is 11.9 Å². The summed E-state index contributed by atoms with van der Waals surface area (Å²) in [4.78, 5) is 15.9. The van der Waals surface area contributed by atoms with E-state index in [1.165, 1.54) is 12.1 Å². The summed E-state index contributed by atoms with van der Waals surface area (Å²) in [6.07, 6.45) is 1.02. The van der Waals surface area contributed by atoms with Gasteiger partial charge >= 0.3 is 0 Å². The van der Waals surface area contributed by atoms with Gasteiger partial charge in [-0.1, -0.05) is 12.1 Å². The zero-order valence-corrected chi connectivity index (χ0v) is 15.5. The molecule has 1 amide bonds. The molecule has 1 rings (SSSR count). The molecule has 3 N–H and O–H groups in total. The van der Waals surface area contributed by atoms with Gasteiger partial charge in [0.1, 0.15) is 5.82 Å². The molecule has 146 valence electrons. The predicted molar refractivity (Wildman–Crippen MR) is 99.8 cm³/mol. The van der Waals surface area contributed by atoms with Crippen molar-refractivity contribution in [3.63, 3.8) is 0 Å². The molecule has 0 unspecified atom stereocenters. The lowest BCUT2D eigenvalue weighted by Gasteiger charge is -2.12. The quantitative estimate of drug-likeness (QED) is 0.287. The van der Waals surface area contributed by atoms with E-state index in [1.54, 1.807) is 26.3 Å². The Bertz CT molecular complexity index is 555. The monoisotopic (exact) mass is 368 g/mol. The van der Waals surface area contributed by atoms with Gasteiger partial charge in [-0.15, -0.1) is 0 Å². The molecular weight excluding hydrogens is 339 g/mol. The fourth-order valence-corrected chi connectivity index (χ4v) is 2.12. The van der Waals surface area contributed by atoms with E-state index in [1.807, 2.05) is 0 Å². The lowest BCUT2D eigenvalue weighted by atomic mass is 10.1. The number of hydrogen-bond donors (Lipinski definition) is 3. The maximum atomic E-state index is 13.1. The number of nitrogens with zero attached hydrogens (tertiary/aromatic N) is 1. The molecule has 8 heteroatoms. The molecule has 0 heterocycles. The molecule has 0 saturated carbocycles. The lowest BCUT2D eigenvalue weighted by molar-refractivity contribution is -0.120. The topological polar surface area (TPSA) is 84.0 Å². The normalized spacial score (nSPS) is 11.3. The minimum Gasteiger partial charge on any atom is -0.382 e. The number of ether oxygens (including phenoxy) is 2. The summed E-state index contributed by atoms with van der Waals surface area (Å²) in [7, 11) is 3.33. The average Bonchev–Trinajstić information content (AvgIpc) is 2.62.